The van der Waals surface area contributed by atoms with Crippen molar-refractivity contribution >= 4 is 7.60 Å². The van der Waals surface area contributed by atoms with Crippen LogP contribution in [-0.2, 0) is 13.6 Å². The number of rotatable bonds is 2. The predicted octanol–water partition coefficient (Wildman–Crippen LogP) is -1.10. The molecule has 0 aromatic carbocycles. The second-order valence-electron chi connectivity index (χ2n) is 2.45. The van der Waals surface area contributed by atoms with Crippen molar-refractivity contribution in [3.05, 3.63) is 0 Å². The van der Waals surface area contributed by atoms with Crippen molar-refractivity contribution in [3.8, 4) is 0 Å². The van der Waals surface area contributed by atoms with E-state index in [-0.39, 0.29) is 0 Å². The molecule has 4 atom stereocenters. The molecule has 0 bridgehead atoms. The minimum absolute atomic E-state index is 0.508. The monoisotopic (exact) mass is 198 g/mol. The Morgan fingerprint density at radius 1 is 1.58 bits per heavy atom. The van der Waals surface area contributed by atoms with Crippen LogP contribution in [-0.4, -0.2) is 47.1 Å². The molecular weight excluding hydrogens is 187 g/mol. The van der Waals surface area contributed by atoms with Gasteiger partial charge in [0.2, 0.25) is 0 Å². The van der Waals surface area contributed by atoms with Crippen LogP contribution in [0.15, 0.2) is 0 Å². The maximum atomic E-state index is 11.3. The number of hydrogen-bond donors (Lipinski definition) is 3. The number of hydrogen-bond acceptors (Lipinski definition) is 6. The highest BCUT2D eigenvalue weighted by Gasteiger charge is 2.51. The lowest BCUT2D eigenvalue weighted by molar-refractivity contribution is -0.00131. The topological polar surface area (TPSA) is 96.2 Å². The van der Waals surface area contributed by atoms with E-state index in [1.54, 1.807) is 0 Å². The van der Waals surface area contributed by atoms with Gasteiger partial charge in [-0.15, -0.1) is 0 Å². The standard InChI is InChI=1S/C5H11O6P/c1-10-12(9)5(8)4(7)3(2-6)11-12/h3-8H,2H2,1H3/t3-,4-,5-,12?/m1/s1. The van der Waals surface area contributed by atoms with Crippen LogP contribution in [0.1, 0.15) is 0 Å². The molecule has 72 valence electrons. The fourth-order valence-electron chi connectivity index (χ4n) is 0.985. The Morgan fingerprint density at radius 2 is 2.17 bits per heavy atom. The maximum absolute atomic E-state index is 11.3. The van der Waals surface area contributed by atoms with Crippen molar-refractivity contribution in [3.63, 3.8) is 0 Å². The van der Waals surface area contributed by atoms with Gasteiger partial charge in [0.25, 0.3) is 0 Å². The normalized spacial score (nSPS) is 48.2. The van der Waals surface area contributed by atoms with E-state index in [4.69, 9.17) is 15.3 Å². The van der Waals surface area contributed by atoms with E-state index in [1.807, 2.05) is 0 Å². The molecule has 7 heteroatoms. The minimum Gasteiger partial charge on any atom is -0.394 e. The van der Waals surface area contributed by atoms with Gasteiger partial charge >= 0.3 is 7.60 Å². The zero-order valence-corrected chi connectivity index (χ0v) is 7.35. The second kappa shape index (κ2) is 3.41. The van der Waals surface area contributed by atoms with Crippen molar-refractivity contribution in [1.82, 2.24) is 0 Å². The Morgan fingerprint density at radius 3 is 2.42 bits per heavy atom. The van der Waals surface area contributed by atoms with Crippen LogP contribution in [0.4, 0.5) is 0 Å². The second-order valence-corrected chi connectivity index (χ2v) is 4.64. The van der Waals surface area contributed by atoms with E-state index < -0.39 is 32.3 Å². The molecule has 1 aliphatic heterocycles. The zero-order valence-electron chi connectivity index (χ0n) is 6.45. The zero-order chi connectivity index (χ0) is 9.35. The number of aliphatic hydroxyl groups is 3. The van der Waals surface area contributed by atoms with E-state index in [9.17, 15) is 4.57 Å². The summed E-state index contributed by atoms with van der Waals surface area (Å²) in [6.45, 7) is -0.508. The largest absolute Gasteiger partial charge is 0.394 e. The summed E-state index contributed by atoms with van der Waals surface area (Å²) in [7, 11) is -2.52. The van der Waals surface area contributed by atoms with E-state index in [2.05, 4.69) is 9.05 Å². The summed E-state index contributed by atoms with van der Waals surface area (Å²) in [6.07, 6.45) is -2.40. The van der Waals surface area contributed by atoms with E-state index in [1.165, 1.54) is 0 Å². The maximum Gasteiger partial charge on any atom is 0.361 e. The van der Waals surface area contributed by atoms with Crippen molar-refractivity contribution in [2.24, 2.45) is 0 Å². The minimum atomic E-state index is -3.63. The van der Waals surface area contributed by atoms with Crippen molar-refractivity contribution in [1.29, 1.82) is 0 Å². The molecule has 1 rings (SSSR count). The molecule has 1 aliphatic rings. The molecule has 0 amide bonds. The lowest BCUT2D eigenvalue weighted by Crippen LogP contribution is -2.31. The van der Waals surface area contributed by atoms with Crippen LogP contribution in [0.2, 0.25) is 0 Å². The van der Waals surface area contributed by atoms with Crippen LogP contribution in [0.5, 0.6) is 0 Å². The molecule has 0 aromatic heterocycles. The Kier molecular flexibility index (Phi) is 2.88. The van der Waals surface area contributed by atoms with E-state index in [0.717, 1.165) is 7.11 Å². The van der Waals surface area contributed by atoms with Gasteiger partial charge < -0.3 is 19.8 Å². The summed E-state index contributed by atoms with van der Waals surface area (Å²) in [6, 6.07) is 0. The molecule has 0 radical (unpaired) electrons. The van der Waals surface area contributed by atoms with Gasteiger partial charge in [-0.3, -0.25) is 9.09 Å². The fourth-order valence-corrected chi connectivity index (χ4v) is 2.55. The van der Waals surface area contributed by atoms with Gasteiger partial charge in [-0.25, -0.2) is 0 Å². The van der Waals surface area contributed by atoms with E-state index >= 15 is 0 Å². The molecule has 0 saturated carbocycles. The molecule has 1 saturated heterocycles. The molecular formula is C5H11O6P. The van der Waals surface area contributed by atoms with Gasteiger partial charge in [-0.2, -0.15) is 0 Å². The third kappa shape index (κ3) is 1.42. The summed E-state index contributed by atoms with van der Waals surface area (Å²) < 4.78 is 20.4. The Bertz CT molecular complexity index is 206. The van der Waals surface area contributed by atoms with Crippen LogP contribution in [0.3, 0.4) is 0 Å². The average Bonchev–Trinajstić information content (AvgIpc) is 2.31. The molecule has 1 fully saturated rings. The van der Waals surface area contributed by atoms with Crippen LogP contribution < -0.4 is 0 Å². The summed E-state index contributed by atoms with van der Waals surface area (Å²) >= 11 is 0. The van der Waals surface area contributed by atoms with Crippen molar-refractivity contribution in [2.45, 2.75) is 18.1 Å². The van der Waals surface area contributed by atoms with Gasteiger partial charge in [-0.05, 0) is 0 Å². The molecule has 0 aromatic rings. The molecule has 0 aliphatic carbocycles. The summed E-state index contributed by atoms with van der Waals surface area (Å²) in [5.74, 6) is -1.57. The first-order valence-electron chi connectivity index (χ1n) is 3.36. The molecule has 6 nitrogen and oxygen atoms in total. The first-order chi connectivity index (χ1) is 5.55. The van der Waals surface area contributed by atoms with Crippen LogP contribution in [0.25, 0.3) is 0 Å². The SMILES string of the molecule is COP1(=O)O[C@H](CO)[C@@H](O)[C@@H]1O. The van der Waals surface area contributed by atoms with E-state index in [0.29, 0.717) is 0 Å². The van der Waals surface area contributed by atoms with Gasteiger partial charge in [-0.1, -0.05) is 0 Å². The van der Waals surface area contributed by atoms with Gasteiger partial charge in [0, 0.05) is 7.11 Å². The predicted molar refractivity (Wildman–Crippen MR) is 38.6 cm³/mol. The molecule has 1 unspecified atom stereocenters. The van der Waals surface area contributed by atoms with Crippen molar-refractivity contribution < 1.29 is 28.9 Å². The summed E-state index contributed by atoms with van der Waals surface area (Å²) in [5, 5.41) is 26.9. The highest BCUT2D eigenvalue weighted by Crippen LogP contribution is 2.58. The van der Waals surface area contributed by atoms with Gasteiger partial charge in [0.05, 0.1) is 6.61 Å². The molecule has 12 heavy (non-hydrogen) atoms. The van der Waals surface area contributed by atoms with Crippen molar-refractivity contribution in [2.75, 3.05) is 13.7 Å². The highest BCUT2D eigenvalue weighted by molar-refractivity contribution is 7.54. The van der Waals surface area contributed by atoms with Gasteiger partial charge in [0.15, 0.2) is 5.85 Å². The number of aliphatic hydroxyl groups excluding tert-OH is 3. The summed E-state index contributed by atoms with van der Waals surface area (Å²) in [4.78, 5) is 0. The smallest absolute Gasteiger partial charge is 0.361 e. The third-order valence-electron chi connectivity index (χ3n) is 1.73. The van der Waals surface area contributed by atoms with Gasteiger partial charge in [0.1, 0.15) is 12.2 Å². The Labute approximate surface area is 69.3 Å². The first kappa shape index (κ1) is 10.1. The lowest BCUT2D eigenvalue weighted by atomic mass is 10.2. The third-order valence-corrected chi connectivity index (χ3v) is 3.75. The lowest BCUT2D eigenvalue weighted by Gasteiger charge is -2.11. The van der Waals surface area contributed by atoms with Crippen LogP contribution in [0, 0.1) is 0 Å². The first-order valence-corrected chi connectivity index (χ1v) is 4.97. The molecule has 3 N–H and O–H groups in total. The summed E-state index contributed by atoms with van der Waals surface area (Å²) in [5.41, 5.74) is 0. The molecule has 1 heterocycles. The molecule has 0 spiro atoms. The quantitative estimate of drug-likeness (QED) is 0.487. The fraction of sp³-hybridized carbons (Fsp3) is 1.00. The Balaban J connectivity index is 2.80. The van der Waals surface area contributed by atoms with Crippen LogP contribution >= 0.6 is 7.60 Å². The Hall–Kier alpha value is 0.0300. The highest BCUT2D eigenvalue weighted by atomic mass is 31.2. The average molecular weight is 198 g/mol.